The van der Waals surface area contributed by atoms with E-state index < -0.39 is 0 Å². The van der Waals surface area contributed by atoms with Crippen LogP contribution in [0.5, 0.6) is 0 Å². The molecule has 0 aliphatic rings. The van der Waals surface area contributed by atoms with Gasteiger partial charge in [-0.2, -0.15) is 0 Å². The first-order chi connectivity index (χ1) is 14.5. The lowest BCUT2D eigenvalue weighted by Gasteiger charge is -2.07. The molecule has 2 heterocycles. The van der Waals surface area contributed by atoms with Crippen molar-refractivity contribution in [1.29, 1.82) is 0 Å². The Kier molecular flexibility index (Phi) is 5.59. The molecule has 6 nitrogen and oxygen atoms in total. The van der Waals surface area contributed by atoms with Crippen molar-refractivity contribution in [2.75, 3.05) is 5.32 Å². The molecule has 2 aromatic carbocycles. The third-order valence-electron chi connectivity index (χ3n) is 4.59. The van der Waals surface area contributed by atoms with Crippen LogP contribution in [0.2, 0.25) is 5.02 Å². The van der Waals surface area contributed by atoms with Gasteiger partial charge in [0.1, 0.15) is 12.0 Å². The zero-order valence-corrected chi connectivity index (χ0v) is 17.3. The van der Waals surface area contributed by atoms with Crippen LogP contribution in [-0.2, 0) is 11.2 Å². The van der Waals surface area contributed by atoms with Crippen LogP contribution in [0.25, 0.3) is 22.5 Å². The molecule has 0 bridgehead atoms. The number of aryl methyl sites for hydroxylation is 2. The smallest absolute Gasteiger partial charge is 0.241 e. The summed E-state index contributed by atoms with van der Waals surface area (Å²) in [5.74, 6) is -0.0264. The van der Waals surface area contributed by atoms with E-state index in [0.717, 1.165) is 22.3 Å². The quantitative estimate of drug-likeness (QED) is 0.478. The topological polar surface area (TPSA) is 80.9 Å². The van der Waals surface area contributed by atoms with E-state index in [1.165, 1.54) is 6.33 Å². The highest BCUT2D eigenvalue weighted by atomic mass is 35.5. The molecular formula is C23H19ClN4O2. The predicted octanol–water partition coefficient (Wildman–Crippen LogP) is 5.25. The molecule has 150 valence electrons. The van der Waals surface area contributed by atoms with E-state index in [1.54, 1.807) is 18.3 Å². The molecule has 4 rings (SSSR count). The molecule has 0 spiro atoms. The first kappa shape index (κ1) is 19.8. The van der Waals surface area contributed by atoms with Crippen LogP contribution >= 0.6 is 11.6 Å². The maximum atomic E-state index is 12.7. The number of nitrogens with one attached hydrogen (secondary N) is 1. The molecule has 1 N–H and O–H groups in total. The number of carbonyl (C=O) groups is 1. The Morgan fingerprint density at radius 1 is 1.10 bits per heavy atom. The number of nitrogens with zero attached hydrogens (tertiary/aromatic N) is 3. The van der Waals surface area contributed by atoms with E-state index in [2.05, 4.69) is 26.5 Å². The van der Waals surface area contributed by atoms with Gasteiger partial charge in [-0.05, 0) is 43.7 Å². The summed E-state index contributed by atoms with van der Waals surface area (Å²) in [7, 11) is 0. The van der Waals surface area contributed by atoms with Gasteiger partial charge in [0.25, 0.3) is 0 Å². The minimum Gasteiger partial charge on any atom is -0.337 e. The Labute approximate surface area is 178 Å². The molecule has 0 saturated carbocycles. The second kappa shape index (κ2) is 8.47. The highest BCUT2D eigenvalue weighted by Gasteiger charge is 2.22. The standard InChI is InChI=1S/C23H19ClN4O2/c1-14-9-15(2)11-17(10-14)22-21(19-7-8-25-13-26-19)23(30-28-22)27-20(29)12-16-5-3-4-6-18(16)24/h3-11,13H,12H2,1-2H3,(H,27,29). The number of aromatic nitrogens is 3. The lowest BCUT2D eigenvalue weighted by Crippen LogP contribution is -2.14. The number of hydrogen-bond donors (Lipinski definition) is 1. The average Bonchev–Trinajstić information content (AvgIpc) is 3.13. The van der Waals surface area contributed by atoms with Gasteiger partial charge in [0.05, 0.1) is 17.7 Å². The molecule has 0 radical (unpaired) electrons. The Bertz CT molecular complexity index is 1180. The number of benzene rings is 2. The van der Waals surface area contributed by atoms with Gasteiger partial charge in [-0.25, -0.2) is 9.97 Å². The second-order valence-electron chi connectivity index (χ2n) is 7.02. The third-order valence-corrected chi connectivity index (χ3v) is 4.96. The molecule has 30 heavy (non-hydrogen) atoms. The molecule has 0 aliphatic carbocycles. The molecule has 2 aromatic heterocycles. The summed E-state index contributed by atoms with van der Waals surface area (Å²) >= 11 is 6.18. The number of anilines is 1. The van der Waals surface area contributed by atoms with E-state index >= 15 is 0 Å². The van der Waals surface area contributed by atoms with Gasteiger partial charge in [0.2, 0.25) is 11.8 Å². The normalized spacial score (nSPS) is 10.8. The third kappa shape index (κ3) is 4.23. The number of amides is 1. The van der Waals surface area contributed by atoms with E-state index in [1.807, 2.05) is 44.2 Å². The van der Waals surface area contributed by atoms with Crippen molar-refractivity contribution in [3.05, 3.63) is 82.8 Å². The summed E-state index contributed by atoms with van der Waals surface area (Å²) in [6, 6.07) is 15.1. The second-order valence-corrected chi connectivity index (χ2v) is 7.43. The Morgan fingerprint density at radius 3 is 2.57 bits per heavy atom. The number of halogens is 1. The highest BCUT2D eigenvalue weighted by molar-refractivity contribution is 6.31. The molecule has 4 aromatic rings. The monoisotopic (exact) mass is 418 g/mol. The first-order valence-corrected chi connectivity index (χ1v) is 9.77. The molecule has 1 amide bonds. The van der Waals surface area contributed by atoms with Crippen molar-refractivity contribution >= 4 is 23.4 Å². The van der Waals surface area contributed by atoms with Crippen molar-refractivity contribution in [2.24, 2.45) is 0 Å². The van der Waals surface area contributed by atoms with Crippen molar-refractivity contribution in [3.63, 3.8) is 0 Å². The number of carbonyl (C=O) groups excluding carboxylic acids is 1. The van der Waals surface area contributed by atoms with E-state index in [0.29, 0.717) is 22.0 Å². The summed E-state index contributed by atoms with van der Waals surface area (Å²) in [6.07, 6.45) is 3.20. The van der Waals surface area contributed by atoms with E-state index in [9.17, 15) is 4.79 Å². The largest absolute Gasteiger partial charge is 0.337 e. The molecule has 0 unspecified atom stereocenters. The summed E-state index contributed by atoms with van der Waals surface area (Å²) < 4.78 is 5.55. The van der Waals surface area contributed by atoms with Crippen molar-refractivity contribution < 1.29 is 9.32 Å². The first-order valence-electron chi connectivity index (χ1n) is 9.39. The highest BCUT2D eigenvalue weighted by Crippen LogP contribution is 2.37. The maximum Gasteiger partial charge on any atom is 0.241 e. The van der Waals surface area contributed by atoms with Crippen molar-refractivity contribution in [2.45, 2.75) is 20.3 Å². The van der Waals surface area contributed by atoms with Gasteiger partial charge in [-0.3, -0.25) is 10.1 Å². The van der Waals surface area contributed by atoms with Gasteiger partial charge in [-0.1, -0.05) is 52.1 Å². The van der Waals surface area contributed by atoms with Crippen LogP contribution in [0.3, 0.4) is 0 Å². The SMILES string of the molecule is Cc1cc(C)cc(-c2noc(NC(=O)Cc3ccccc3Cl)c2-c2ccncn2)c1. The molecule has 0 atom stereocenters. The Hall–Kier alpha value is -3.51. The molecule has 0 fully saturated rings. The maximum absolute atomic E-state index is 12.7. The lowest BCUT2D eigenvalue weighted by atomic mass is 10.0. The fourth-order valence-electron chi connectivity index (χ4n) is 3.35. The summed E-state index contributed by atoms with van der Waals surface area (Å²) in [5.41, 5.74) is 5.64. The Balaban J connectivity index is 1.72. The number of rotatable bonds is 5. The van der Waals surface area contributed by atoms with Crippen LogP contribution in [0.4, 0.5) is 5.88 Å². The summed E-state index contributed by atoms with van der Waals surface area (Å²) in [5, 5.41) is 7.60. The van der Waals surface area contributed by atoms with Crippen LogP contribution in [-0.4, -0.2) is 21.0 Å². The molecule has 0 aliphatic heterocycles. The zero-order chi connectivity index (χ0) is 21.1. The minimum atomic E-state index is -0.262. The summed E-state index contributed by atoms with van der Waals surface area (Å²) in [4.78, 5) is 21.0. The average molecular weight is 419 g/mol. The van der Waals surface area contributed by atoms with Crippen LogP contribution in [0.15, 0.2) is 65.6 Å². The number of hydrogen-bond acceptors (Lipinski definition) is 5. The minimum absolute atomic E-state index is 0.114. The van der Waals surface area contributed by atoms with E-state index in [4.69, 9.17) is 16.1 Å². The van der Waals surface area contributed by atoms with Gasteiger partial charge < -0.3 is 4.52 Å². The molecular weight excluding hydrogens is 400 g/mol. The Morgan fingerprint density at radius 2 is 1.87 bits per heavy atom. The van der Waals surface area contributed by atoms with Crippen molar-refractivity contribution in [3.8, 4) is 22.5 Å². The lowest BCUT2D eigenvalue weighted by molar-refractivity contribution is -0.115. The zero-order valence-electron chi connectivity index (χ0n) is 16.5. The summed E-state index contributed by atoms with van der Waals surface area (Å²) in [6.45, 7) is 4.04. The van der Waals surface area contributed by atoms with Gasteiger partial charge in [0.15, 0.2) is 0 Å². The van der Waals surface area contributed by atoms with Gasteiger partial charge in [-0.15, -0.1) is 0 Å². The molecule has 0 saturated heterocycles. The van der Waals surface area contributed by atoms with Crippen molar-refractivity contribution in [1.82, 2.24) is 15.1 Å². The van der Waals surface area contributed by atoms with Crippen LogP contribution < -0.4 is 5.32 Å². The van der Waals surface area contributed by atoms with Crippen LogP contribution in [0, 0.1) is 13.8 Å². The van der Waals surface area contributed by atoms with Gasteiger partial charge >= 0.3 is 0 Å². The van der Waals surface area contributed by atoms with Gasteiger partial charge in [0, 0.05) is 16.8 Å². The predicted molar refractivity (Wildman–Crippen MR) is 116 cm³/mol. The molecule has 7 heteroatoms. The fraction of sp³-hybridized carbons (Fsp3) is 0.130. The fourth-order valence-corrected chi connectivity index (χ4v) is 3.55. The van der Waals surface area contributed by atoms with E-state index in [-0.39, 0.29) is 18.2 Å². The van der Waals surface area contributed by atoms with Crippen LogP contribution in [0.1, 0.15) is 16.7 Å².